The lowest BCUT2D eigenvalue weighted by molar-refractivity contribution is 0.128. The molecule has 0 saturated carbocycles. The molecule has 1 unspecified atom stereocenters. The van der Waals surface area contributed by atoms with Crippen molar-refractivity contribution in [3.63, 3.8) is 0 Å². The van der Waals surface area contributed by atoms with Crippen LogP contribution in [0.2, 0.25) is 5.02 Å². The second-order valence-electron chi connectivity index (χ2n) is 5.86. The molecular formula is C17H26ClFN2O. The van der Waals surface area contributed by atoms with Crippen molar-refractivity contribution in [3.05, 3.63) is 28.5 Å². The van der Waals surface area contributed by atoms with E-state index in [1.54, 1.807) is 6.07 Å². The van der Waals surface area contributed by atoms with E-state index in [1.807, 2.05) is 13.0 Å². The Kier molecular flexibility index (Phi) is 6.48. The van der Waals surface area contributed by atoms with Gasteiger partial charge in [-0.2, -0.15) is 0 Å². The van der Waals surface area contributed by atoms with Crippen molar-refractivity contribution in [1.29, 1.82) is 0 Å². The summed E-state index contributed by atoms with van der Waals surface area (Å²) in [5.41, 5.74) is 0.946. The summed E-state index contributed by atoms with van der Waals surface area (Å²) in [4.78, 5) is 2.43. The predicted molar refractivity (Wildman–Crippen MR) is 89.2 cm³/mol. The highest BCUT2D eigenvalue weighted by atomic mass is 35.5. The van der Waals surface area contributed by atoms with Crippen LogP contribution in [0.5, 0.6) is 5.75 Å². The molecule has 0 aliphatic carbocycles. The van der Waals surface area contributed by atoms with Crippen molar-refractivity contribution < 1.29 is 9.13 Å². The number of hydrogen-bond acceptors (Lipinski definition) is 3. The topological polar surface area (TPSA) is 24.5 Å². The summed E-state index contributed by atoms with van der Waals surface area (Å²) >= 11 is 6.25. The maximum absolute atomic E-state index is 14.4. The van der Waals surface area contributed by atoms with E-state index < -0.39 is 0 Å². The van der Waals surface area contributed by atoms with Crippen LogP contribution in [0, 0.1) is 11.7 Å². The summed E-state index contributed by atoms with van der Waals surface area (Å²) in [5, 5.41) is 3.73. The van der Waals surface area contributed by atoms with Crippen molar-refractivity contribution in [1.82, 2.24) is 10.2 Å². The molecule has 2 atom stereocenters. The van der Waals surface area contributed by atoms with Gasteiger partial charge >= 0.3 is 0 Å². The number of nitrogens with zero attached hydrogens (tertiary/aromatic N) is 1. The van der Waals surface area contributed by atoms with E-state index in [-0.39, 0.29) is 17.6 Å². The van der Waals surface area contributed by atoms with E-state index in [0.717, 1.165) is 38.2 Å². The minimum atomic E-state index is -0.368. The quantitative estimate of drug-likeness (QED) is 0.858. The molecule has 0 radical (unpaired) electrons. The van der Waals surface area contributed by atoms with Crippen molar-refractivity contribution >= 4 is 11.6 Å². The first kappa shape index (κ1) is 17.5. The predicted octanol–water partition coefficient (Wildman–Crippen LogP) is 3.87. The smallest absolute Gasteiger partial charge is 0.173 e. The van der Waals surface area contributed by atoms with Crippen molar-refractivity contribution in [2.75, 3.05) is 32.8 Å². The van der Waals surface area contributed by atoms with Crippen LogP contribution in [0.15, 0.2) is 12.1 Å². The molecule has 1 aromatic carbocycles. The van der Waals surface area contributed by atoms with Crippen LogP contribution in [0.4, 0.5) is 4.39 Å². The lowest BCUT2D eigenvalue weighted by Crippen LogP contribution is -2.46. The first-order valence-corrected chi connectivity index (χ1v) is 8.52. The van der Waals surface area contributed by atoms with Crippen LogP contribution >= 0.6 is 11.6 Å². The molecule has 0 aromatic heterocycles. The van der Waals surface area contributed by atoms with Crippen LogP contribution in [0.25, 0.3) is 0 Å². The van der Waals surface area contributed by atoms with Gasteiger partial charge in [0.1, 0.15) is 0 Å². The first-order chi connectivity index (χ1) is 10.6. The number of nitrogens with one attached hydrogen (secondary N) is 1. The Morgan fingerprint density at radius 3 is 2.55 bits per heavy atom. The Balaban J connectivity index is 2.34. The third-order valence-electron chi connectivity index (χ3n) is 4.38. The number of benzene rings is 1. The average Bonchev–Trinajstić information content (AvgIpc) is 2.52. The summed E-state index contributed by atoms with van der Waals surface area (Å²) < 4.78 is 19.7. The Bertz CT molecular complexity index is 469. The molecule has 1 saturated heterocycles. The highest BCUT2D eigenvalue weighted by molar-refractivity contribution is 6.32. The van der Waals surface area contributed by atoms with E-state index in [0.29, 0.717) is 17.5 Å². The summed E-state index contributed by atoms with van der Waals surface area (Å²) in [7, 11) is 0. The molecule has 5 heteroatoms. The maximum Gasteiger partial charge on any atom is 0.173 e. The molecule has 22 heavy (non-hydrogen) atoms. The van der Waals surface area contributed by atoms with Crippen LogP contribution < -0.4 is 10.1 Å². The van der Waals surface area contributed by atoms with Gasteiger partial charge in [-0.3, -0.25) is 4.90 Å². The molecule has 3 nitrogen and oxygen atoms in total. The normalized spacial score (nSPS) is 19.0. The summed E-state index contributed by atoms with van der Waals surface area (Å²) in [6.07, 6.45) is 1.04. The molecule has 1 heterocycles. The number of piperazine rings is 1. The molecule has 0 amide bonds. The molecule has 1 aliphatic rings. The van der Waals surface area contributed by atoms with E-state index in [2.05, 4.69) is 24.1 Å². The monoisotopic (exact) mass is 328 g/mol. The van der Waals surface area contributed by atoms with Gasteiger partial charge in [0.05, 0.1) is 11.6 Å². The van der Waals surface area contributed by atoms with Crippen molar-refractivity contribution in [2.24, 2.45) is 5.92 Å². The standard InChI is InChI=1S/C17H26ClFN2O/c1-4-12(3)16(21-8-6-20-7-9-21)13-10-14(18)17(22-5-2)15(19)11-13/h10-12,16,20H,4-9H2,1-3H3/t12?,16-/m0/s1. The summed E-state index contributed by atoms with van der Waals surface area (Å²) in [5.74, 6) is 0.232. The number of ether oxygens (including phenoxy) is 1. The number of rotatable bonds is 6. The zero-order valence-corrected chi connectivity index (χ0v) is 14.4. The maximum atomic E-state index is 14.4. The molecule has 0 bridgehead atoms. The van der Waals surface area contributed by atoms with Gasteiger partial charge in [-0.1, -0.05) is 31.9 Å². The molecule has 1 N–H and O–H groups in total. The Hall–Kier alpha value is -0.840. The van der Waals surface area contributed by atoms with Gasteiger partial charge in [-0.05, 0) is 30.5 Å². The van der Waals surface area contributed by atoms with Crippen LogP contribution in [0.1, 0.15) is 38.8 Å². The van der Waals surface area contributed by atoms with Crippen molar-refractivity contribution in [3.8, 4) is 5.75 Å². The van der Waals surface area contributed by atoms with Crippen LogP contribution in [-0.2, 0) is 0 Å². The van der Waals surface area contributed by atoms with Crippen LogP contribution in [-0.4, -0.2) is 37.7 Å². The molecule has 2 rings (SSSR count). The average molecular weight is 329 g/mol. The zero-order valence-electron chi connectivity index (χ0n) is 13.7. The third-order valence-corrected chi connectivity index (χ3v) is 4.66. The third kappa shape index (κ3) is 3.92. The lowest BCUT2D eigenvalue weighted by Gasteiger charge is -2.38. The second-order valence-corrected chi connectivity index (χ2v) is 6.27. The van der Waals surface area contributed by atoms with Gasteiger partial charge < -0.3 is 10.1 Å². The SMILES string of the molecule is CCOc1c(F)cc([C@H](C(C)CC)N2CCNCC2)cc1Cl. The van der Waals surface area contributed by atoms with Gasteiger partial charge in [-0.15, -0.1) is 0 Å². The largest absolute Gasteiger partial charge is 0.489 e. The fourth-order valence-corrected chi connectivity index (χ4v) is 3.39. The Morgan fingerprint density at radius 1 is 1.32 bits per heavy atom. The Labute approximate surface area is 137 Å². The molecule has 1 fully saturated rings. The summed E-state index contributed by atoms with van der Waals surface area (Å²) in [6.45, 7) is 10.5. The molecule has 1 aromatic rings. The second kappa shape index (κ2) is 8.14. The minimum Gasteiger partial charge on any atom is -0.489 e. The van der Waals surface area contributed by atoms with Gasteiger partial charge in [-0.25, -0.2) is 4.39 Å². The zero-order chi connectivity index (χ0) is 16.1. The van der Waals surface area contributed by atoms with Gasteiger partial charge in [0, 0.05) is 32.2 Å². The molecule has 124 valence electrons. The van der Waals surface area contributed by atoms with Gasteiger partial charge in [0.25, 0.3) is 0 Å². The molecule has 0 spiro atoms. The Morgan fingerprint density at radius 2 is 2.00 bits per heavy atom. The van der Waals surface area contributed by atoms with Gasteiger partial charge in [0.2, 0.25) is 0 Å². The van der Waals surface area contributed by atoms with E-state index >= 15 is 0 Å². The fraction of sp³-hybridized carbons (Fsp3) is 0.647. The lowest BCUT2D eigenvalue weighted by atomic mass is 9.90. The van der Waals surface area contributed by atoms with Gasteiger partial charge in [0.15, 0.2) is 11.6 Å². The minimum absolute atomic E-state index is 0.163. The van der Waals surface area contributed by atoms with E-state index in [4.69, 9.17) is 16.3 Å². The van der Waals surface area contributed by atoms with Crippen molar-refractivity contribution in [2.45, 2.75) is 33.2 Å². The molecule has 1 aliphatic heterocycles. The fourth-order valence-electron chi connectivity index (χ4n) is 3.12. The first-order valence-electron chi connectivity index (χ1n) is 8.15. The number of hydrogen-bond donors (Lipinski definition) is 1. The van der Waals surface area contributed by atoms with Crippen LogP contribution in [0.3, 0.4) is 0 Å². The molecular weight excluding hydrogens is 303 g/mol. The van der Waals surface area contributed by atoms with E-state index in [9.17, 15) is 4.39 Å². The highest BCUT2D eigenvalue weighted by Crippen LogP contribution is 2.37. The highest BCUT2D eigenvalue weighted by Gasteiger charge is 2.28. The summed E-state index contributed by atoms with van der Waals surface area (Å²) in [6, 6.07) is 3.65. The van der Waals surface area contributed by atoms with E-state index in [1.165, 1.54) is 0 Å². The number of halogens is 2.